The van der Waals surface area contributed by atoms with E-state index in [2.05, 4.69) is 49.5 Å². The SMILES string of the molecule is CCCNC(C)c1ccc(SCC#N)cc1. The van der Waals surface area contributed by atoms with Crippen LogP contribution >= 0.6 is 11.8 Å². The molecule has 1 aromatic rings. The molecule has 16 heavy (non-hydrogen) atoms. The number of nitrogens with zero attached hydrogens (tertiary/aromatic N) is 1. The van der Waals surface area contributed by atoms with Crippen LogP contribution in [0.2, 0.25) is 0 Å². The lowest BCUT2D eigenvalue weighted by molar-refractivity contribution is 0.570. The van der Waals surface area contributed by atoms with Gasteiger partial charge in [-0.15, -0.1) is 11.8 Å². The molecule has 0 bridgehead atoms. The zero-order chi connectivity index (χ0) is 11.8. The van der Waals surface area contributed by atoms with Crippen LogP contribution in [0.15, 0.2) is 29.2 Å². The molecule has 0 heterocycles. The van der Waals surface area contributed by atoms with Gasteiger partial charge in [0.15, 0.2) is 0 Å². The van der Waals surface area contributed by atoms with Crippen LogP contribution in [-0.4, -0.2) is 12.3 Å². The highest BCUT2D eigenvalue weighted by Gasteiger charge is 2.03. The Morgan fingerprint density at radius 3 is 2.62 bits per heavy atom. The van der Waals surface area contributed by atoms with Crippen LogP contribution in [0, 0.1) is 11.3 Å². The first-order chi connectivity index (χ1) is 7.77. The largest absolute Gasteiger partial charge is 0.310 e. The molecule has 0 aliphatic heterocycles. The van der Waals surface area contributed by atoms with Gasteiger partial charge in [0.1, 0.15) is 0 Å². The third-order valence-corrected chi connectivity index (χ3v) is 3.26. The number of nitriles is 1. The van der Waals surface area contributed by atoms with Crippen LogP contribution in [0.1, 0.15) is 31.9 Å². The molecule has 0 aliphatic rings. The third kappa shape index (κ3) is 4.26. The first kappa shape index (κ1) is 13.1. The predicted molar refractivity (Wildman–Crippen MR) is 69.5 cm³/mol. The maximum Gasteiger partial charge on any atom is 0.0855 e. The van der Waals surface area contributed by atoms with Gasteiger partial charge in [0.2, 0.25) is 0 Å². The van der Waals surface area contributed by atoms with Crippen molar-refractivity contribution in [3.05, 3.63) is 29.8 Å². The van der Waals surface area contributed by atoms with Crippen LogP contribution < -0.4 is 5.32 Å². The fraction of sp³-hybridized carbons (Fsp3) is 0.462. The molecule has 2 nitrogen and oxygen atoms in total. The fourth-order valence-electron chi connectivity index (χ4n) is 1.45. The first-order valence-electron chi connectivity index (χ1n) is 5.61. The Balaban J connectivity index is 2.53. The molecule has 0 amide bonds. The number of benzene rings is 1. The van der Waals surface area contributed by atoms with Crippen LogP contribution in [0.3, 0.4) is 0 Å². The average Bonchev–Trinajstić information content (AvgIpc) is 2.34. The van der Waals surface area contributed by atoms with E-state index in [1.54, 1.807) is 11.8 Å². The summed E-state index contributed by atoms with van der Waals surface area (Å²) in [5.74, 6) is 0.517. The van der Waals surface area contributed by atoms with Crippen LogP contribution in [0.5, 0.6) is 0 Å². The van der Waals surface area contributed by atoms with Gasteiger partial charge in [0.05, 0.1) is 11.8 Å². The molecule has 0 aliphatic carbocycles. The highest BCUT2D eigenvalue weighted by atomic mass is 32.2. The summed E-state index contributed by atoms with van der Waals surface area (Å²) in [5.41, 5.74) is 1.30. The molecule has 0 saturated carbocycles. The summed E-state index contributed by atoms with van der Waals surface area (Å²) in [6.45, 7) is 5.39. The smallest absolute Gasteiger partial charge is 0.0855 e. The third-order valence-electron chi connectivity index (χ3n) is 2.38. The Hall–Kier alpha value is -0.980. The molecule has 1 aromatic carbocycles. The molecule has 0 spiro atoms. The van der Waals surface area contributed by atoms with E-state index in [4.69, 9.17) is 5.26 Å². The van der Waals surface area contributed by atoms with Crippen molar-refractivity contribution < 1.29 is 0 Å². The lowest BCUT2D eigenvalue weighted by Crippen LogP contribution is -2.19. The lowest BCUT2D eigenvalue weighted by Gasteiger charge is -2.13. The van der Waals surface area contributed by atoms with Crippen molar-refractivity contribution in [3.8, 4) is 6.07 Å². The quantitative estimate of drug-likeness (QED) is 0.767. The molecule has 0 aromatic heterocycles. The minimum atomic E-state index is 0.398. The summed E-state index contributed by atoms with van der Waals surface area (Å²) in [6, 6.07) is 11.0. The number of rotatable bonds is 6. The van der Waals surface area contributed by atoms with Gasteiger partial charge in [0, 0.05) is 10.9 Å². The van der Waals surface area contributed by atoms with Crippen molar-refractivity contribution in [3.63, 3.8) is 0 Å². The summed E-state index contributed by atoms with van der Waals surface area (Å²) in [7, 11) is 0. The highest BCUT2D eigenvalue weighted by molar-refractivity contribution is 7.99. The standard InChI is InChI=1S/C13H18N2S/c1-3-9-15-11(2)12-4-6-13(7-5-12)16-10-8-14/h4-7,11,15H,3,9-10H2,1-2H3. The van der Waals surface area contributed by atoms with Crippen molar-refractivity contribution in [2.24, 2.45) is 0 Å². The van der Waals surface area contributed by atoms with Gasteiger partial charge < -0.3 is 5.32 Å². The first-order valence-corrected chi connectivity index (χ1v) is 6.59. The van der Waals surface area contributed by atoms with Crippen LogP contribution in [-0.2, 0) is 0 Å². The highest BCUT2D eigenvalue weighted by Crippen LogP contribution is 2.20. The molecule has 1 N–H and O–H groups in total. The molecule has 3 heteroatoms. The number of hydrogen-bond donors (Lipinski definition) is 1. The Kier molecular flexibility index (Phi) is 5.99. The molecule has 1 rings (SSSR count). The lowest BCUT2D eigenvalue weighted by atomic mass is 10.1. The second kappa shape index (κ2) is 7.32. The van der Waals surface area contributed by atoms with Gasteiger partial charge in [0.25, 0.3) is 0 Å². The summed E-state index contributed by atoms with van der Waals surface area (Å²) in [6.07, 6.45) is 1.15. The van der Waals surface area contributed by atoms with Crippen LogP contribution in [0.25, 0.3) is 0 Å². The van der Waals surface area contributed by atoms with Gasteiger partial charge in [-0.25, -0.2) is 0 Å². The second-order valence-electron chi connectivity index (χ2n) is 3.69. The van der Waals surface area contributed by atoms with Gasteiger partial charge in [-0.05, 0) is 37.6 Å². The summed E-state index contributed by atoms with van der Waals surface area (Å²) in [4.78, 5) is 1.16. The van der Waals surface area contributed by atoms with E-state index < -0.39 is 0 Å². The van der Waals surface area contributed by atoms with E-state index in [1.165, 1.54) is 5.56 Å². The van der Waals surface area contributed by atoms with Crippen LogP contribution in [0.4, 0.5) is 0 Å². The number of hydrogen-bond acceptors (Lipinski definition) is 3. The summed E-state index contributed by atoms with van der Waals surface area (Å²) in [5, 5.41) is 11.9. The minimum absolute atomic E-state index is 0.398. The van der Waals surface area contributed by atoms with E-state index in [0.29, 0.717) is 11.8 Å². The van der Waals surface area contributed by atoms with E-state index in [-0.39, 0.29) is 0 Å². The zero-order valence-corrected chi connectivity index (χ0v) is 10.7. The molecular weight excluding hydrogens is 216 g/mol. The molecule has 1 atom stereocenters. The van der Waals surface area contributed by atoms with Crippen molar-refractivity contribution in [1.82, 2.24) is 5.32 Å². The number of nitrogens with one attached hydrogen (secondary N) is 1. The topological polar surface area (TPSA) is 35.8 Å². The zero-order valence-electron chi connectivity index (χ0n) is 9.86. The second-order valence-corrected chi connectivity index (χ2v) is 4.74. The van der Waals surface area contributed by atoms with Gasteiger partial charge in [-0.3, -0.25) is 0 Å². The van der Waals surface area contributed by atoms with Crippen molar-refractivity contribution in [2.75, 3.05) is 12.3 Å². The molecular formula is C13H18N2S. The van der Waals surface area contributed by atoms with Crippen molar-refractivity contribution >= 4 is 11.8 Å². The average molecular weight is 234 g/mol. The maximum absolute atomic E-state index is 8.49. The molecule has 1 unspecified atom stereocenters. The van der Waals surface area contributed by atoms with E-state index >= 15 is 0 Å². The Bertz CT molecular complexity index is 340. The summed E-state index contributed by atoms with van der Waals surface area (Å²) >= 11 is 1.58. The van der Waals surface area contributed by atoms with Crippen molar-refractivity contribution in [2.45, 2.75) is 31.2 Å². The minimum Gasteiger partial charge on any atom is -0.310 e. The normalized spacial score (nSPS) is 12.1. The predicted octanol–water partition coefficient (Wildman–Crippen LogP) is 3.36. The molecule has 0 fully saturated rings. The maximum atomic E-state index is 8.49. The molecule has 0 saturated heterocycles. The monoisotopic (exact) mass is 234 g/mol. The van der Waals surface area contributed by atoms with E-state index in [9.17, 15) is 0 Å². The van der Waals surface area contributed by atoms with E-state index in [0.717, 1.165) is 17.9 Å². The van der Waals surface area contributed by atoms with E-state index in [1.807, 2.05) is 0 Å². The molecule has 86 valence electrons. The van der Waals surface area contributed by atoms with Gasteiger partial charge >= 0.3 is 0 Å². The fourth-order valence-corrected chi connectivity index (χ4v) is 2.01. The van der Waals surface area contributed by atoms with Crippen molar-refractivity contribution in [1.29, 1.82) is 5.26 Å². The number of thioether (sulfide) groups is 1. The molecule has 0 radical (unpaired) electrons. The summed E-state index contributed by atoms with van der Waals surface area (Å²) < 4.78 is 0. The Labute approximate surface area is 102 Å². The Morgan fingerprint density at radius 1 is 1.38 bits per heavy atom. The Morgan fingerprint density at radius 2 is 2.06 bits per heavy atom. The van der Waals surface area contributed by atoms with Gasteiger partial charge in [-0.2, -0.15) is 5.26 Å². The van der Waals surface area contributed by atoms with Gasteiger partial charge in [-0.1, -0.05) is 19.1 Å².